The molecule has 0 heterocycles. The lowest BCUT2D eigenvalue weighted by atomic mass is 10.3. The number of sulfonamides is 1. The number of hydrogen-bond donors (Lipinski definition) is 2. The molecule has 1 aromatic carbocycles. The fourth-order valence-electron chi connectivity index (χ4n) is 1.25. The van der Waals surface area contributed by atoms with E-state index in [0.29, 0.717) is 12.1 Å². The first-order valence-electron chi connectivity index (χ1n) is 5.54. The fraction of sp³-hybridized carbons (Fsp3) is 0.364. The first kappa shape index (κ1) is 16.5. The van der Waals surface area contributed by atoms with Crippen LogP contribution in [0.3, 0.4) is 0 Å². The average molecular weight is 308 g/mol. The van der Waals surface area contributed by atoms with E-state index in [1.54, 1.807) is 13.8 Å². The second-order valence-electron chi connectivity index (χ2n) is 4.21. The topological polar surface area (TPSA) is 98.5 Å². The van der Waals surface area contributed by atoms with Crippen molar-refractivity contribution in [3.63, 3.8) is 0 Å². The Morgan fingerprint density at radius 3 is 2.25 bits per heavy atom. The second kappa shape index (κ2) is 6.25. The van der Waals surface area contributed by atoms with Gasteiger partial charge in [-0.1, -0.05) is 0 Å². The van der Waals surface area contributed by atoms with Crippen LogP contribution in [0.2, 0.25) is 0 Å². The van der Waals surface area contributed by atoms with Crippen LogP contribution in [0.25, 0.3) is 0 Å². The van der Waals surface area contributed by atoms with E-state index in [0.717, 1.165) is 0 Å². The largest absolute Gasteiger partial charge is 0.369 e. The van der Waals surface area contributed by atoms with Crippen molar-refractivity contribution in [2.24, 2.45) is 5.14 Å². The lowest BCUT2D eigenvalue weighted by Crippen LogP contribution is -2.22. The van der Waals surface area contributed by atoms with Crippen LogP contribution in [0.15, 0.2) is 17.0 Å². The summed E-state index contributed by atoms with van der Waals surface area (Å²) in [6, 6.07) is 1.05. The Kier molecular flexibility index (Phi) is 5.15. The molecule has 0 atom stereocenters. The molecule has 1 amide bonds. The number of ether oxygens (including phenoxy) is 1. The van der Waals surface area contributed by atoms with E-state index in [9.17, 15) is 22.0 Å². The molecular weight excluding hydrogens is 294 g/mol. The van der Waals surface area contributed by atoms with Crippen molar-refractivity contribution in [2.75, 3.05) is 11.9 Å². The van der Waals surface area contributed by atoms with Gasteiger partial charge in [0.1, 0.15) is 12.3 Å². The van der Waals surface area contributed by atoms with Crippen LogP contribution in [-0.2, 0) is 19.6 Å². The highest BCUT2D eigenvalue weighted by atomic mass is 32.2. The number of carbonyl (C=O) groups is 1. The quantitative estimate of drug-likeness (QED) is 0.847. The standard InChI is InChI=1S/C11H14F2N2O4S/c1-6(2)19-5-10(16)15-11-8(12)3-7(4-9(11)13)20(14,17)18/h3-4,6H,5H2,1-2H3,(H,15,16)(H2,14,17,18). The van der Waals surface area contributed by atoms with Gasteiger partial charge in [-0.05, 0) is 26.0 Å². The maximum Gasteiger partial charge on any atom is 0.250 e. The minimum absolute atomic E-state index is 0.222. The van der Waals surface area contributed by atoms with Crippen molar-refractivity contribution in [3.8, 4) is 0 Å². The van der Waals surface area contributed by atoms with Crippen LogP contribution >= 0.6 is 0 Å². The average Bonchev–Trinajstić information content (AvgIpc) is 2.29. The molecule has 0 unspecified atom stereocenters. The maximum absolute atomic E-state index is 13.6. The fourth-order valence-corrected chi connectivity index (χ4v) is 1.79. The Morgan fingerprint density at radius 1 is 1.35 bits per heavy atom. The van der Waals surface area contributed by atoms with Crippen molar-refractivity contribution in [1.29, 1.82) is 0 Å². The Morgan fingerprint density at radius 2 is 1.85 bits per heavy atom. The minimum Gasteiger partial charge on any atom is -0.369 e. The van der Waals surface area contributed by atoms with Gasteiger partial charge in [0.15, 0.2) is 11.6 Å². The molecule has 1 rings (SSSR count). The normalized spacial score (nSPS) is 11.7. The molecule has 0 fully saturated rings. The zero-order valence-electron chi connectivity index (χ0n) is 10.8. The van der Waals surface area contributed by atoms with Gasteiger partial charge in [-0.25, -0.2) is 22.3 Å². The Balaban J connectivity index is 2.95. The Bertz CT molecular complexity index is 594. The van der Waals surface area contributed by atoms with Crippen molar-refractivity contribution in [2.45, 2.75) is 24.8 Å². The number of benzene rings is 1. The maximum atomic E-state index is 13.6. The van der Waals surface area contributed by atoms with Gasteiger partial charge in [0, 0.05) is 0 Å². The van der Waals surface area contributed by atoms with E-state index < -0.39 is 38.1 Å². The number of primary sulfonamides is 1. The molecule has 0 spiro atoms. The minimum atomic E-state index is -4.23. The predicted octanol–water partition coefficient (Wildman–Crippen LogP) is 0.976. The number of carbonyl (C=O) groups excluding carboxylic acids is 1. The highest BCUT2D eigenvalue weighted by Crippen LogP contribution is 2.22. The highest BCUT2D eigenvalue weighted by Gasteiger charge is 2.18. The second-order valence-corrected chi connectivity index (χ2v) is 5.78. The van der Waals surface area contributed by atoms with E-state index in [1.165, 1.54) is 0 Å². The molecule has 0 saturated carbocycles. The highest BCUT2D eigenvalue weighted by molar-refractivity contribution is 7.89. The molecule has 0 radical (unpaired) electrons. The summed E-state index contributed by atoms with van der Waals surface area (Å²) < 4.78 is 54.1. The zero-order chi connectivity index (χ0) is 15.5. The number of amides is 1. The molecule has 0 aliphatic rings. The Hall–Kier alpha value is -1.58. The third-order valence-corrected chi connectivity index (χ3v) is 3.05. The molecule has 0 saturated heterocycles. The molecule has 0 aliphatic heterocycles. The van der Waals surface area contributed by atoms with E-state index >= 15 is 0 Å². The molecule has 0 aliphatic carbocycles. The molecule has 9 heteroatoms. The van der Waals surface area contributed by atoms with Crippen molar-refractivity contribution >= 4 is 21.6 Å². The van der Waals surface area contributed by atoms with E-state index in [1.807, 2.05) is 5.32 Å². The van der Waals surface area contributed by atoms with Gasteiger partial charge in [0.05, 0.1) is 11.0 Å². The third kappa shape index (κ3) is 4.51. The molecule has 0 aromatic heterocycles. The first-order valence-corrected chi connectivity index (χ1v) is 7.09. The van der Waals surface area contributed by atoms with Crippen LogP contribution in [0.1, 0.15) is 13.8 Å². The van der Waals surface area contributed by atoms with Crippen LogP contribution < -0.4 is 10.5 Å². The SMILES string of the molecule is CC(C)OCC(=O)Nc1c(F)cc(S(N)(=O)=O)cc1F. The van der Waals surface area contributed by atoms with Gasteiger partial charge < -0.3 is 10.1 Å². The number of hydrogen-bond acceptors (Lipinski definition) is 4. The zero-order valence-corrected chi connectivity index (χ0v) is 11.6. The lowest BCUT2D eigenvalue weighted by molar-refractivity contribution is -0.122. The van der Waals surface area contributed by atoms with Gasteiger partial charge in [-0.3, -0.25) is 4.79 Å². The molecule has 20 heavy (non-hydrogen) atoms. The summed E-state index contributed by atoms with van der Waals surface area (Å²) in [5, 5.41) is 6.72. The molecule has 6 nitrogen and oxygen atoms in total. The molecule has 0 bridgehead atoms. The summed E-state index contributed by atoms with van der Waals surface area (Å²) in [5.41, 5.74) is -0.755. The number of halogens is 2. The van der Waals surface area contributed by atoms with Crippen LogP contribution in [0.4, 0.5) is 14.5 Å². The van der Waals surface area contributed by atoms with Crippen LogP contribution in [-0.4, -0.2) is 27.0 Å². The van der Waals surface area contributed by atoms with Crippen LogP contribution in [0, 0.1) is 11.6 Å². The van der Waals surface area contributed by atoms with Crippen molar-refractivity contribution in [1.82, 2.24) is 0 Å². The Labute approximate surface area is 115 Å². The van der Waals surface area contributed by atoms with Crippen LogP contribution in [0.5, 0.6) is 0 Å². The monoisotopic (exact) mass is 308 g/mol. The summed E-state index contributed by atoms with van der Waals surface area (Å²) in [4.78, 5) is 10.7. The summed E-state index contributed by atoms with van der Waals surface area (Å²) in [6.45, 7) is 3.00. The molecule has 1 aromatic rings. The van der Waals surface area contributed by atoms with Gasteiger partial charge in [0.25, 0.3) is 5.91 Å². The summed E-state index contributed by atoms with van der Waals surface area (Å²) in [5.74, 6) is -3.25. The smallest absolute Gasteiger partial charge is 0.250 e. The first-order chi connectivity index (χ1) is 9.11. The summed E-state index contributed by atoms with van der Waals surface area (Å²) in [6.07, 6.45) is -0.222. The van der Waals surface area contributed by atoms with Gasteiger partial charge in [-0.15, -0.1) is 0 Å². The third-order valence-electron chi connectivity index (χ3n) is 2.16. The number of nitrogens with one attached hydrogen (secondary N) is 1. The molecule has 3 N–H and O–H groups in total. The number of nitrogens with two attached hydrogens (primary N) is 1. The van der Waals surface area contributed by atoms with Gasteiger partial charge in [-0.2, -0.15) is 0 Å². The van der Waals surface area contributed by atoms with E-state index in [-0.39, 0.29) is 12.7 Å². The van der Waals surface area contributed by atoms with Gasteiger partial charge in [0.2, 0.25) is 10.0 Å². The number of rotatable bonds is 5. The summed E-state index contributed by atoms with van der Waals surface area (Å²) >= 11 is 0. The van der Waals surface area contributed by atoms with Crippen molar-refractivity contribution < 1.29 is 26.7 Å². The van der Waals surface area contributed by atoms with Gasteiger partial charge >= 0.3 is 0 Å². The van der Waals surface area contributed by atoms with E-state index in [4.69, 9.17) is 9.88 Å². The van der Waals surface area contributed by atoms with E-state index in [2.05, 4.69) is 0 Å². The number of anilines is 1. The predicted molar refractivity (Wildman–Crippen MR) is 67.4 cm³/mol. The lowest BCUT2D eigenvalue weighted by Gasteiger charge is -2.10. The summed E-state index contributed by atoms with van der Waals surface area (Å²) in [7, 11) is -4.23. The molecular formula is C11H14F2N2O4S. The molecule has 112 valence electrons. The van der Waals surface area contributed by atoms with Crippen molar-refractivity contribution in [3.05, 3.63) is 23.8 Å².